The third-order valence-corrected chi connectivity index (χ3v) is 3.98. The van der Waals surface area contributed by atoms with Gasteiger partial charge in [-0.25, -0.2) is 9.78 Å². The van der Waals surface area contributed by atoms with E-state index in [1.807, 2.05) is 17.5 Å². The van der Waals surface area contributed by atoms with Crippen LogP contribution in [0, 0.1) is 0 Å². The summed E-state index contributed by atoms with van der Waals surface area (Å²) in [4.78, 5) is 27.6. The number of hydrogen-bond acceptors (Lipinski definition) is 6. The van der Waals surface area contributed by atoms with Gasteiger partial charge in [0.1, 0.15) is 6.54 Å². The largest absolute Gasteiger partial charge is 0.405 e. The number of thiophene rings is 1. The average Bonchev–Trinajstić information content (AvgIpc) is 3.13. The zero-order chi connectivity index (χ0) is 16.9. The van der Waals surface area contributed by atoms with Crippen molar-refractivity contribution in [2.75, 3.05) is 12.3 Å². The number of H-pyrrole nitrogens is 1. The first-order valence-electron chi connectivity index (χ1n) is 6.07. The lowest BCUT2D eigenvalue weighted by molar-refractivity contribution is -0.124. The number of carbonyl (C=O) groups is 2. The molecule has 0 saturated carbocycles. The highest BCUT2D eigenvalue weighted by Crippen LogP contribution is 2.22. The van der Waals surface area contributed by atoms with Gasteiger partial charge in [0.2, 0.25) is 11.1 Å². The predicted molar refractivity (Wildman–Crippen MR) is 78.0 cm³/mol. The molecule has 23 heavy (non-hydrogen) atoms. The summed E-state index contributed by atoms with van der Waals surface area (Å²) >= 11 is 2.41. The summed E-state index contributed by atoms with van der Waals surface area (Å²) in [7, 11) is 0. The van der Waals surface area contributed by atoms with Crippen LogP contribution in [0.25, 0.3) is 10.7 Å². The fourth-order valence-corrected chi connectivity index (χ4v) is 2.61. The van der Waals surface area contributed by atoms with Crippen LogP contribution in [0.2, 0.25) is 0 Å². The lowest BCUT2D eigenvalue weighted by Crippen LogP contribution is -2.43. The number of imide groups is 1. The van der Waals surface area contributed by atoms with Crippen LogP contribution in [0.5, 0.6) is 0 Å². The fraction of sp³-hybridized carbons (Fsp3) is 0.273. The first-order chi connectivity index (χ1) is 10.8. The third kappa shape index (κ3) is 5.90. The molecule has 0 radical (unpaired) electrons. The van der Waals surface area contributed by atoms with Gasteiger partial charge in [-0.15, -0.1) is 16.4 Å². The lowest BCUT2D eigenvalue weighted by atomic mass is 10.4. The molecule has 0 bridgehead atoms. The number of urea groups is 1. The third-order valence-electron chi connectivity index (χ3n) is 2.25. The Kier molecular flexibility index (Phi) is 5.60. The smallest absolute Gasteiger partial charge is 0.329 e. The van der Waals surface area contributed by atoms with Crippen LogP contribution in [0.15, 0.2) is 22.7 Å². The molecule has 0 aromatic carbocycles. The molecule has 7 nitrogen and oxygen atoms in total. The van der Waals surface area contributed by atoms with Gasteiger partial charge in [0.25, 0.3) is 0 Å². The van der Waals surface area contributed by atoms with E-state index in [-0.39, 0.29) is 5.75 Å². The number of nitrogens with one attached hydrogen (secondary N) is 3. The molecule has 3 N–H and O–H groups in total. The minimum Gasteiger partial charge on any atom is -0.329 e. The molecule has 0 aliphatic carbocycles. The van der Waals surface area contributed by atoms with E-state index in [2.05, 4.69) is 15.2 Å². The minimum absolute atomic E-state index is 0.207. The molecule has 0 saturated heterocycles. The van der Waals surface area contributed by atoms with Gasteiger partial charge in [-0.2, -0.15) is 13.2 Å². The molecule has 0 spiro atoms. The van der Waals surface area contributed by atoms with Crippen molar-refractivity contribution in [1.82, 2.24) is 25.8 Å². The second kappa shape index (κ2) is 7.46. The van der Waals surface area contributed by atoms with Gasteiger partial charge in [-0.3, -0.25) is 15.2 Å². The molecule has 0 fully saturated rings. The summed E-state index contributed by atoms with van der Waals surface area (Å²) < 4.78 is 35.7. The molecular weight excluding hydrogens is 355 g/mol. The molecule has 124 valence electrons. The summed E-state index contributed by atoms with van der Waals surface area (Å²) in [5, 5.41) is 12.1. The maximum Gasteiger partial charge on any atom is 0.405 e. The quantitative estimate of drug-likeness (QED) is 0.704. The van der Waals surface area contributed by atoms with Crippen LogP contribution in [-0.2, 0) is 4.79 Å². The topological polar surface area (TPSA) is 99.8 Å². The summed E-state index contributed by atoms with van der Waals surface area (Å²) in [6, 6.07) is 2.49. The zero-order valence-electron chi connectivity index (χ0n) is 11.3. The number of carbonyl (C=O) groups excluding carboxylic acids is 2. The number of nitrogens with zero attached hydrogens (tertiary/aromatic N) is 2. The highest BCUT2D eigenvalue weighted by molar-refractivity contribution is 7.99. The monoisotopic (exact) mass is 365 g/mol. The first-order valence-corrected chi connectivity index (χ1v) is 7.93. The van der Waals surface area contributed by atoms with E-state index in [1.54, 1.807) is 5.32 Å². The highest BCUT2D eigenvalue weighted by Gasteiger charge is 2.27. The number of thioether (sulfide) groups is 1. The van der Waals surface area contributed by atoms with E-state index in [9.17, 15) is 22.8 Å². The van der Waals surface area contributed by atoms with Gasteiger partial charge in [0.15, 0.2) is 5.82 Å². The van der Waals surface area contributed by atoms with Crippen LogP contribution < -0.4 is 10.6 Å². The van der Waals surface area contributed by atoms with Gasteiger partial charge in [-0.05, 0) is 11.4 Å². The summed E-state index contributed by atoms with van der Waals surface area (Å²) in [6.07, 6.45) is -4.54. The molecule has 2 aromatic rings. The first kappa shape index (κ1) is 17.3. The van der Waals surface area contributed by atoms with E-state index in [1.165, 1.54) is 16.7 Å². The Morgan fingerprint density at radius 2 is 2.17 bits per heavy atom. The summed E-state index contributed by atoms with van der Waals surface area (Å²) in [6.45, 7) is -1.51. The number of halogens is 3. The number of aromatic amines is 1. The molecule has 2 heterocycles. The number of rotatable bonds is 5. The van der Waals surface area contributed by atoms with Gasteiger partial charge in [0.05, 0.1) is 10.6 Å². The van der Waals surface area contributed by atoms with Crippen molar-refractivity contribution in [3.05, 3.63) is 17.5 Å². The van der Waals surface area contributed by atoms with Crippen molar-refractivity contribution >= 4 is 35.0 Å². The molecule has 0 atom stereocenters. The zero-order valence-corrected chi connectivity index (χ0v) is 12.9. The van der Waals surface area contributed by atoms with Crippen LogP contribution in [-0.4, -0.2) is 45.6 Å². The molecular formula is C11H10F3N5O2S2. The minimum atomic E-state index is -4.54. The number of alkyl halides is 3. The standard InChI is InChI=1S/C11H10F3N5O2S2/c12-11(13,14)5-15-9(21)16-7(20)4-23-10-17-8(18-19-10)6-2-1-3-22-6/h1-3H,4-5H2,(H,17,18,19)(H2,15,16,20,21). The van der Waals surface area contributed by atoms with Crippen molar-refractivity contribution < 1.29 is 22.8 Å². The van der Waals surface area contributed by atoms with Crippen molar-refractivity contribution in [2.24, 2.45) is 0 Å². The van der Waals surface area contributed by atoms with Crippen molar-refractivity contribution in [3.63, 3.8) is 0 Å². The van der Waals surface area contributed by atoms with Gasteiger partial charge < -0.3 is 5.32 Å². The molecule has 3 amide bonds. The van der Waals surface area contributed by atoms with Crippen molar-refractivity contribution in [2.45, 2.75) is 11.3 Å². The predicted octanol–water partition coefficient (Wildman–Crippen LogP) is 2.01. The Labute approximate surface area is 136 Å². The number of aromatic nitrogens is 3. The fourth-order valence-electron chi connectivity index (χ4n) is 1.35. The van der Waals surface area contributed by atoms with Crippen LogP contribution in [0.3, 0.4) is 0 Å². The molecule has 0 aliphatic heterocycles. The SMILES string of the molecule is O=C(CSc1n[nH]c(-c2cccs2)n1)NC(=O)NCC(F)(F)F. The van der Waals surface area contributed by atoms with Crippen LogP contribution in [0.4, 0.5) is 18.0 Å². The Morgan fingerprint density at radius 1 is 1.39 bits per heavy atom. The van der Waals surface area contributed by atoms with Crippen LogP contribution >= 0.6 is 23.1 Å². The Balaban J connectivity index is 1.75. The summed E-state index contributed by atoms with van der Waals surface area (Å²) in [5.74, 6) is -0.413. The van der Waals surface area contributed by atoms with E-state index in [0.717, 1.165) is 16.6 Å². The Morgan fingerprint density at radius 3 is 2.83 bits per heavy atom. The molecule has 0 unspecified atom stereocenters. The van der Waals surface area contributed by atoms with Crippen LogP contribution in [0.1, 0.15) is 0 Å². The Bertz CT molecular complexity index is 672. The molecule has 2 rings (SSSR count). The van der Waals surface area contributed by atoms with Gasteiger partial charge in [0, 0.05) is 0 Å². The number of hydrogen-bond donors (Lipinski definition) is 3. The highest BCUT2D eigenvalue weighted by atomic mass is 32.2. The van der Waals surface area contributed by atoms with E-state index in [4.69, 9.17) is 0 Å². The van der Waals surface area contributed by atoms with Crippen molar-refractivity contribution in [3.8, 4) is 10.7 Å². The normalized spacial score (nSPS) is 11.3. The average molecular weight is 365 g/mol. The second-order valence-corrected chi connectivity index (χ2v) is 5.97. The van der Waals surface area contributed by atoms with Gasteiger partial charge in [-0.1, -0.05) is 17.8 Å². The second-order valence-electron chi connectivity index (χ2n) is 4.08. The van der Waals surface area contributed by atoms with E-state index in [0.29, 0.717) is 11.0 Å². The maximum atomic E-state index is 11.9. The molecule has 12 heteroatoms. The molecule has 2 aromatic heterocycles. The summed E-state index contributed by atoms with van der Waals surface area (Å²) in [5.41, 5.74) is 0. The van der Waals surface area contributed by atoms with E-state index >= 15 is 0 Å². The number of amides is 3. The lowest BCUT2D eigenvalue weighted by Gasteiger charge is -2.08. The van der Waals surface area contributed by atoms with E-state index < -0.39 is 24.7 Å². The van der Waals surface area contributed by atoms with Crippen molar-refractivity contribution in [1.29, 1.82) is 0 Å². The molecule has 0 aliphatic rings. The van der Waals surface area contributed by atoms with Gasteiger partial charge >= 0.3 is 12.2 Å². The Hall–Kier alpha value is -2.08. The maximum absolute atomic E-state index is 11.9.